The van der Waals surface area contributed by atoms with Crippen LogP contribution in [0.3, 0.4) is 0 Å². The van der Waals surface area contributed by atoms with Crippen molar-refractivity contribution >= 4 is 37.8 Å². The number of likely N-dealkylation sites (tertiary alicyclic amines) is 1. The zero-order valence-corrected chi connectivity index (χ0v) is 12.7. The van der Waals surface area contributed by atoms with Gasteiger partial charge in [-0.3, -0.25) is 14.7 Å². The van der Waals surface area contributed by atoms with E-state index in [4.69, 9.17) is 10.8 Å². The first-order valence-electron chi connectivity index (χ1n) is 5.45. The molecule has 1 unspecified atom stereocenters. The number of pyridine rings is 1. The van der Waals surface area contributed by atoms with Gasteiger partial charge in [-0.05, 0) is 44.3 Å². The number of aromatic nitrogens is 1. The number of aliphatic carboxylic acids is 1. The number of hydrogen-bond donors (Lipinski definition) is 2. The molecule has 0 aromatic carbocycles. The van der Waals surface area contributed by atoms with Crippen LogP contribution in [0.25, 0.3) is 0 Å². The molecule has 0 radical (unpaired) electrons. The maximum Gasteiger partial charge on any atom is 0.325 e. The van der Waals surface area contributed by atoms with Crippen LogP contribution < -0.4 is 5.73 Å². The highest BCUT2D eigenvalue weighted by Gasteiger charge is 2.41. The molecular weight excluding hydrogens is 366 g/mol. The highest BCUT2D eigenvalue weighted by atomic mass is 79.9. The Hall–Kier alpha value is -0.500. The topological polar surface area (TPSA) is 79.5 Å². The third-order valence-corrected chi connectivity index (χ3v) is 4.18. The summed E-state index contributed by atoms with van der Waals surface area (Å²) in [5, 5.41) is 9.06. The Morgan fingerprint density at radius 3 is 2.89 bits per heavy atom. The van der Waals surface area contributed by atoms with Crippen LogP contribution in [0.15, 0.2) is 21.2 Å². The summed E-state index contributed by atoms with van der Waals surface area (Å²) >= 11 is 6.79. The summed E-state index contributed by atoms with van der Waals surface area (Å²) in [6.07, 6.45) is 2.19. The molecule has 1 fully saturated rings. The van der Waals surface area contributed by atoms with Crippen molar-refractivity contribution in [3.05, 3.63) is 26.9 Å². The summed E-state index contributed by atoms with van der Waals surface area (Å²) in [5.74, 6) is -0.937. The Morgan fingerprint density at radius 2 is 2.33 bits per heavy atom. The van der Waals surface area contributed by atoms with Gasteiger partial charge in [0, 0.05) is 34.8 Å². The van der Waals surface area contributed by atoms with Crippen molar-refractivity contribution in [3.63, 3.8) is 0 Å². The number of halogens is 2. The van der Waals surface area contributed by atoms with Crippen molar-refractivity contribution < 1.29 is 9.90 Å². The van der Waals surface area contributed by atoms with Gasteiger partial charge in [0.05, 0.1) is 5.69 Å². The Morgan fingerprint density at radius 1 is 1.61 bits per heavy atom. The molecule has 1 aromatic rings. The molecule has 1 aromatic heterocycles. The molecule has 1 saturated heterocycles. The zero-order chi connectivity index (χ0) is 13.3. The Balaban J connectivity index is 2.06. The number of nitrogens with two attached hydrogens (primary N) is 1. The lowest BCUT2D eigenvalue weighted by Gasteiger charge is -2.20. The van der Waals surface area contributed by atoms with E-state index >= 15 is 0 Å². The summed E-state index contributed by atoms with van der Waals surface area (Å²) in [4.78, 5) is 17.4. The Labute approximate surface area is 122 Å². The van der Waals surface area contributed by atoms with E-state index in [1.165, 1.54) is 0 Å². The van der Waals surface area contributed by atoms with Crippen LogP contribution in [0, 0.1) is 0 Å². The average Bonchev–Trinajstić information content (AvgIpc) is 2.66. The summed E-state index contributed by atoms with van der Waals surface area (Å²) in [7, 11) is 0. The van der Waals surface area contributed by atoms with Gasteiger partial charge in [-0.25, -0.2) is 0 Å². The second kappa shape index (κ2) is 5.24. The van der Waals surface area contributed by atoms with E-state index in [1.54, 1.807) is 6.20 Å². The molecule has 2 heterocycles. The van der Waals surface area contributed by atoms with Crippen LogP contribution >= 0.6 is 31.9 Å². The lowest BCUT2D eigenvalue weighted by atomic mass is 10.0. The van der Waals surface area contributed by atoms with Crippen molar-refractivity contribution in [3.8, 4) is 0 Å². The molecule has 98 valence electrons. The van der Waals surface area contributed by atoms with Crippen molar-refractivity contribution in [2.24, 2.45) is 5.73 Å². The Kier molecular flexibility index (Phi) is 4.05. The van der Waals surface area contributed by atoms with Gasteiger partial charge in [-0.2, -0.15) is 0 Å². The van der Waals surface area contributed by atoms with Gasteiger partial charge < -0.3 is 10.8 Å². The van der Waals surface area contributed by atoms with Crippen LogP contribution in [0.5, 0.6) is 0 Å². The van der Waals surface area contributed by atoms with Crippen molar-refractivity contribution in [2.75, 3.05) is 13.1 Å². The molecule has 1 aliphatic rings. The van der Waals surface area contributed by atoms with Gasteiger partial charge >= 0.3 is 5.97 Å². The van der Waals surface area contributed by atoms with Crippen molar-refractivity contribution in [1.82, 2.24) is 9.88 Å². The SMILES string of the molecule is NC1(C(=O)O)CCN(Cc2ncc(Br)cc2Br)C1. The van der Waals surface area contributed by atoms with E-state index in [9.17, 15) is 4.79 Å². The number of carboxylic acid groups (broad SMARTS) is 1. The summed E-state index contributed by atoms with van der Waals surface area (Å²) in [5.41, 5.74) is 5.59. The van der Waals surface area contributed by atoms with Gasteiger partial charge in [-0.15, -0.1) is 0 Å². The molecule has 0 bridgehead atoms. The van der Waals surface area contributed by atoms with E-state index in [2.05, 4.69) is 36.8 Å². The van der Waals surface area contributed by atoms with E-state index in [0.717, 1.165) is 14.6 Å². The lowest BCUT2D eigenvalue weighted by molar-refractivity contribution is -0.142. The van der Waals surface area contributed by atoms with Crippen molar-refractivity contribution in [1.29, 1.82) is 0 Å². The van der Waals surface area contributed by atoms with E-state index in [1.807, 2.05) is 11.0 Å². The number of nitrogens with zero attached hydrogens (tertiary/aromatic N) is 2. The highest BCUT2D eigenvalue weighted by Crippen LogP contribution is 2.24. The molecule has 1 aliphatic heterocycles. The van der Waals surface area contributed by atoms with Crippen LogP contribution in [-0.4, -0.2) is 39.6 Å². The molecule has 18 heavy (non-hydrogen) atoms. The normalized spacial score (nSPS) is 24.4. The molecular formula is C11H13Br2N3O2. The first-order valence-corrected chi connectivity index (χ1v) is 7.04. The summed E-state index contributed by atoms with van der Waals surface area (Å²) < 4.78 is 1.81. The summed E-state index contributed by atoms with van der Waals surface area (Å²) in [6, 6.07) is 1.92. The second-order valence-electron chi connectivity index (χ2n) is 4.50. The number of rotatable bonds is 3. The van der Waals surface area contributed by atoms with Gasteiger partial charge in [-0.1, -0.05) is 0 Å². The quantitative estimate of drug-likeness (QED) is 0.834. The second-order valence-corrected chi connectivity index (χ2v) is 6.27. The fourth-order valence-electron chi connectivity index (χ4n) is 2.00. The van der Waals surface area contributed by atoms with Gasteiger partial charge in [0.1, 0.15) is 5.54 Å². The molecule has 2 rings (SSSR count). The molecule has 7 heteroatoms. The van der Waals surface area contributed by atoms with Gasteiger partial charge in [0.15, 0.2) is 0 Å². The molecule has 1 atom stereocenters. The fourth-order valence-corrected chi connectivity index (χ4v) is 3.11. The largest absolute Gasteiger partial charge is 0.480 e. The smallest absolute Gasteiger partial charge is 0.325 e. The minimum atomic E-state index is -1.12. The van der Waals surface area contributed by atoms with E-state index in [0.29, 0.717) is 26.1 Å². The molecule has 3 N–H and O–H groups in total. The molecule has 5 nitrogen and oxygen atoms in total. The van der Waals surface area contributed by atoms with E-state index in [-0.39, 0.29) is 0 Å². The molecule has 0 spiro atoms. The first-order chi connectivity index (χ1) is 8.40. The third-order valence-electron chi connectivity index (χ3n) is 3.06. The molecule has 0 aliphatic carbocycles. The highest BCUT2D eigenvalue weighted by molar-refractivity contribution is 9.11. The number of hydrogen-bond acceptors (Lipinski definition) is 4. The van der Waals surface area contributed by atoms with Crippen LogP contribution in [-0.2, 0) is 11.3 Å². The van der Waals surface area contributed by atoms with Crippen LogP contribution in [0.2, 0.25) is 0 Å². The van der Waals surface area contributed by atoms with Gasteiger partial charge in [0.2, 0.25) is 0 Å². The van der Waals surface area contributed by atoms with Crippen LogP contribution in [0.1, 0.15) is 12.1 Å². The molecule has 0 saturated carbocycles. The third kappa shape index (κ3) is 2.90. The van der Waals surface area contributed by atoms with E-state index < -0.39 is 11.5 Å². The maximum absolute atomic E-state index is 11.1. The monoisotopic (exact) mass is 377 g/mol. The standard InChI is InChI=1S/C11H13Br2N3O2/c12-7-3-8(13)9(15-4-7)5-16-2-1-11(14,6-16)10(17)18/h3-4H,1-2,5-6,14H2,(H,17,18). The predicted octanol–water partition coefficient (Wildman–Crippen LogP) is 1.59. The average molecular weight is 379 g/mol. The van der Waals surface area contributed by atoms with Gasteiger partial charge in [0.25, 0.3) is 0 Å². The minimum absolute atomic E-state index is 0.354. The summed E-state index contributed by atoms with van der Waals surface area (Å²) in [6.45, 7) is 1.62. The number of carbonyl (C=O) groups is 1. The lowest BCUT2D eigenvalue weighted by Crippen LogP contribution is -2.50. The van der Waals surface area contributed by atoms with Crippen LogP contribution in [0.4, 0.5) is 0 Å². The predicted molar refractivity (Wildman–Crippen MR) is 74.1 cm³/mol. The first kappa shape index (κ1) is 13.9. The zero-order valence-electron chi connectivity index (χ0n) is 9.57. The maximum atomic E-state index is 11.1. The fraction of sp³-hybridized carbons (Fsp3) is 0.455. The Bertz CT molecular complexity index is 483. The molecule has 0 amide bonds. The number of carboxylic acids is 1. The van der Waals surface area contributed by atoms with Crippen molar-refractivity contribution in [2.45, 2.75) is 18.5 Å². The minimum Gasteiger partial charge on any atom is -0.480 e.